The highest BCUT2D eigenvalue weighted by Crippen LogP contribution is 2.27. The molecule has 0 aliphatic heterocycles. The van der Waals surface area contributed by atoms with Crippen molar-refractivity contribution in [1.29, 1.82) is 0 Å². The van der Waals surface area contributed by atoms with Crippen LogP contribution in [0.2, 0.25) is 0 Å². The number of nitrogens with one attached hydrogen (secondary N) is 1. The third kappa shape index (κ3) is 3.50. The summed E-state index contributed by atoms with van der Waals surface area (Å²) >= 11 is 7.14. The van der Waals surface area contributed by atoms with Crippen LogP contribution in [0.25, 0.3) is 0 Å². The number of aryl methyl sites for hydroxylation is 1. The molecular formula is C13H14BrNS2. The zero-order chi connectivity index (χ0) is 12.3. The van der Waals surface area contributed by atoms with Gasteiger partial charge in [-0.3, -0.25) is 0 Å². The molecule has 0 unspecified atom stereocenters. The van der Waals surface area contributed by atoms with Crippen LogP contribution in [-0.2, 0) is 6.54 Å². The van der Waals surface area contributed by atoms with Gasteiger partial charge in [0.25, 0.3) is 0 Å². The van der Waals surface area contributed by atoms with Gasteiger partial charge in [-0.05, 0) is 53.4 Å². The van der Waals surface area contributed by atoms with E-state index in [1.54, 1.807) is 11.8 Å². The molecule has 0 aliphatic rings. The molecule has 1 N–H and O–H groups in total. The number of benzene rings is 1. The molecule has 1 nitrogen and oxygen atoms in total. The van der Waals surface area contributed by atoms with Crippen LogP contribution in [-0.4, -0.2) is 6.26 Å². The summed E-state index contributed by atoms with van der Waals surface area (Å²) in [4.78, 5) is 3.97. The van der Waals surface area contributed by atoms with Crippen molar-refractivity contribution in [3.8, 4) is 0 Å². The number of hydrogen-bond acceptors (Lipinski definition) is 3. The van der Waals surface area contributed by atoms with Gasteiger partial charge in [-0.25, -0.2) is 0 Å². The standard InChI is InChI=1S/C13H14BrNS2/c1-9-13(14)7-12(17-9)8-15-10-4-3-5-11(6-10)16-2/h3-7,15H,8H2,1-2H3. The van der Waals surface area contributed by atoms with Crippen molar-refractivity contribution in [2.75, 3.05) is 11.6 Å². The summed E-state index contributed by atoms with van der Waals surface area (Å²) in [6.45, 7) is 3.02. The predicted molar refractivity (Wildman–Crippen MR) is 82.3 cm³/mol. The first-order valence-corrected chi connectivity index (χ1v) is 8.15. The summed E-state index contributed by atoms with van der Waals surface area (Å²) < 4.78 is 1.21. The lowest BCUT2D eigenvalue weighted by Gasteiger charge is -2.05. The molecule has 2 aromatic rings. The second-order valence-corrected chi connectivity index (χ2v) is 6.78. The van der Waals surface area contributed by atoms with Crippen LogP contribution in [0.1, 0.15) is 9.75 Å². The average molecular weight is 328 g/mol. The smallest absolute Gasteiger partial charge is 0.0494 e. The normalized spacial score (nSPS) is 10.5. The maximum absolute atomic E-state index is 3.54. The molecular weight excluding hydrogens is 314 g/mol. The fourth-order valence-corrected chi connectivity index (χ4v) is 3.53. The number of anilines is 1. The molecule has 0 amide bonds. The largest absolute Gasteiger partial charge is 0.380 e. The minimum Gasteiger partial charge on any atom is -0.380 e. The molecule has 0 atom stereocenters. The van der Waals surface area contributed by atoms with Gasteiger partial charge in [0.05, 0.1) is 0 Å². The van der Waals surface area contributed by atoms with Gasteiger partial charge in [0.2, 0.25) is 0 Å². The van der Waals surface area contributed by atoms with Gasteiger partial charge in [0.15, 0.2) is 0 Å². The van der Waals surface area contributed by atoms with Crippen molar-refractivity contribution in [2.24, 2.45) is 0 Å². The number of thiophene rings is 1. The Bertz CT molecular complexity index is 488. The fourth-order valence-electron chi connectivity index (χ4n) is 1.53. The molecule has 0 radical (unpaired) electrons. The molecule has 0 bridgehead atoms. The van der Waals surface area contributed by atoms with Crippen molar-refractivity contribution in [1.82, 2.24) is 0 Å². The molecule has 1 heterocycles. The minimum absolute atomic E-state index is 0.884. The monoisotopic (exact) mass is 327 g/mol. The summed E-state index contributed by atoms with van der Waals surface area (Å²) in [5, 5.41) is 3.45. The Morgan fingerprint density at radius 1 is 1.35 bits per heavy atom. The summed E-state index contributed by atoms with van der Waals surface area (Å²) in [6.07, 6.45) is 2.10. The SMILES string of the molecule is CSc1cccc(NCc2cc(Br)c(C)s2)c1. The number of halogens is 1. The molecule has 0 spiro atoms. The van der Waals surface area contributed by atoms with Crippen molar-refractivity contribution in [2.45, 2.75) is 18.4 Å². The average Bonchev–Trinajstić information content (AvgIpc) is 2.67. The Labute approximate surface area is 119 Å². The van der Waals surface area contributed by atoms with Gasteiger partial charge < -0.3 is 5.32 Å². The predicted octanol–water partition coefficient (Wildman–Crippen LogP) is 5.15. The van der Waals surface area contributed by atoms with Crippen molar-refractivity contribution in [3.05, 3.63) is 44.6 Å². The van der Waals surface area contributed by atoms with Gasteiger partial charge in [0.1, 0.15) is 0 Å². The zero-order valence-electron chi connectivity index (χ0n) is 9.79. The number of hydrogen-bond donors (Lipinski definition) is 1. The first kappa shape index (κ1) is 13.0. The number of thioether (sulfide) groups is 1. The Kier molecular flexibility index (Phi) is 4.54. The van der Waals surface area contributed by atoms with Crippen LogP contribution in [0.3, 0.4) is 0 Å². The van der Waals surface area contributed by atoms with Gasteiger partial charge in [-0.15, -0.1) is 23.1 Å². The quantitative estimate of drug-likeness (QED) is 0.779. The van der Waals surface area contributed by atoms with Crippen molar-refractivity contribution < 1.29 is 0 Å². The number of rotatable bonds is 4. The van der Waals surface area contributed by atoms with E-state index in [-0.39, 0.29) is 0 Å². The molecule has 4 heteroatoms. The Balaban J connectivity index is 2.01. The lowest BCUT2D eigenvalue weighted by Crippen LogP contribution is -1.96. The van der Waals surface area contributed by atoms with E-state index in [1.807, 2.05) is 11.3 Å². The lowest BCUT2D eigenvalue weighted by molar-refractivity contribution is 1.18. The van der Waals surface area contributed by atoms with E-state index in [4.69, 9.17) is 0 Å². The van der Waals surface area contributed by atoms with Crippen LogP contribution in [0.4, 0.5) is 5.69 Å². The maximum Gasteiger partial charge on any atom is 0.0494 e. The summed E-state index contributed by atoms with van der Waals surface area (Å²) in [6, 6.07) is 10.7. The first-order valence-electron chi connectivity index (χ1n) is 5.32. The molecule has 1 aromatic heterocycles. The van der Waals surface area contributed by atoms with Crippen LogP contribution < -0.4 is 5.32 Å². The minimum atomic E-state index is 0.884. The zero-order valence-corrected chi connectivity index (χ0v) is 13.0. The van der Waals surface area contributed by atoms with Crippen LogP contribution in [0, 0.1) is 6.92 Å². The van der Waals surface area contributed by atoms with Gasteiger partial charge in [-0.2, -0.15) is 0 Å². The van der Waals surface area contributed by atoms with E-state index in [9.17, 15) is 0 Å². The molecule has 0 saturated heterocycles. The van der Waals surface area contributed by atoms with E-state index in [0.717, 1.165) is 6.54 Å². The van der Waals surface area contributed by atoms with E-state index in [0.29, 0.717) is 0 Å². The van der Waals surface area contributed by atoms with Crippen molar-refractivity contribution >= 4 is 44.7 Å². The van der Waals surface area contributed by atoms with E-state index in [1.165, 1.54) is 24.8 Å². The molecule has 90 valence electrons. The first-order chi connectivity index (χ1) is 8.19. The molecule has 17 heavy (non-hydrogen) atoms. The molecule has 1 aromatic carbocycles. The fraction of sp³-hybridized carbons (Fsp3) is 0.231. The maximum atomic E-state index is 3.54. The van der Waals surface area contributed by atoms with Gasteiger partial charge in [-0.1, -0.05) is 6.07 Å². The van der Waals surface area contributed by atoms with E-state index in [2.05, 4.69) is 64.8 Å². The third-order valence-corrected chi connectivity index (χ3v) is 5.31. The topological polar surface area (TPSA) is 12.0 Å². The van der Waals surface area contributed by atoms with Gasteiger partial charge >= 0.3 is 0 Å². The Hall–Kier alpha value is -0.450. The Morgan fingerprint density at radius 3 is 2.82 bits per heavy atom. The summed E-state index contributed by atoms with van der Waals surface area (Å²) in [7, 11) is 0. The summed E-state index contributed by atoms with van der Waals surface area (Å²) in [5.41, 5.74) is 1.18. The molecule has 2 rings (SSSR count). The van der Waals surface area contributed by atoms with Crippen LogP contribution >= 0.6 is 39.0 Å². The highest BCUT2D eigenvalue weighted by molar-refractivity contribution is 9.10. The van der Waals surface area contributed by atoms with Crippen LogP contribution in [0.15, 0.2) is 39.7 Å². The molecule has 0 fully saturated rings. The highest BCUT2D eigenvalue weighted by Gasteiger charge is 2.02. The van der Waals surface area contributed by atoms with Crippen molar-refractivity contribution in [3.63, 3.8) is 0 Å². The lowest BCUT2D eigenvalue weighted by atomic mass is 10.3. The second-order valence-electron chi connectivity index (χ2n) is 3.70. The van der Waals surface area contributed by atoms with Crippen LogP contribution in [0.5, 0.6) is 0 Å². The third-order valence-electron chi connectivity index (χ3n) is 2.44. The highest BCUT2D eigenvalue weighted by atomic mass is 79.9. The second kappa shape index (κ2) is 5.94. The molecule has 0 saturated carbocycles. The Morgan fingerprint density at radius 2 is 2.18 bits per heavy atom. The van der Waals surface area contributed by atoms with E-state index < -0.39 is 0 Å². The van der Waals surface area contributed by atoms with Gasteiger partial charge in [0, 0.05) is 31.4 Å². The van der Waals surface area contributed by atoms with E-state index >= 15 is 0 Å². The summed E-state index contributed by atoms with van der Waals surface area (Å²) in [5.74, 6) is 0. The molecule has 0 aliphatic carbocycles.